The van der Waals surface area contributed by atoms with Crippen molar-refractivity contribution in [3.63, 3.8) is 0 Å². The first-order valence-electron chi connectivity index (χ1n) is 8.07. The van der Waals surface area contributed by atoms with Gasteiger partial charge < -0.3 is 14.8 Å². The average Bonchev–Trinajstić information content (AvgIpc) is 2.55. The molecule has 0 aliphatic carbocycles. The standard InChI is InChI=1S/C18H24ClNO5S/c1-18(2,3)25-15(21)11-24-17(23)14(9-10-26-4)20-16(22)12-7-5-6-8-13(12)19/h5-8,14H,9-11H2,1-4H3,(H,20,22). The van der Waals surface area contributed by atoms with Crippen molar-refractivity contribution in [2.45, 2.75) is 38.8 Å². The monoisotopic (exact) mass is 401 g/mol. The van der Waals surface area contributed by atoms with E-state index >= 15 is 0 Å². The molecule has 8 heteroatoms. The minimum Gasteiger partial charge on any atom is -0.457 e. The third kappa shape index (κ3) is 8.10. The lowest BCUT2D eigenvalue weighted by atomic mass is 10.1. The van der Waals surface area contributed by atoms with Gasteiger partial charge in [0, 0.05) is 0 Å². The SMILES string of the molecule is CSCCC(NC(=O)c1ccccc1Cl)C(=O)OCC(=O)OC(C)(C)C. The Balaban J connectivity index is 2.70. The highest BCUT2D eigenvalue weighted by Gasteiger charge is 2.25. The number of esters is 2. The second-order valence-corrected chi connectivity index (χ2v) is 7.87. The van der Waals surface area contributed by atoms with Crippen molar-refractivity contribution in [1.29, 1.82) is 0 Å². The second-order valence-electron chi connectivity index (χ2n) is 6.48. The molecule has 0 bridgehead atoms. The summed E-state index contributed by atoms with van der Waals surface area (Å²) in [5.41, 5.74) is -0.400. The van der Waals surface area contributed by atoms with Gasteiger partial charge in [-0.3, -0.25) is 4.79 Å². The van der Waals surface area contributed by atoms with Gasteiger partial charge in [0.05, 0.1) is 10.6 Å². The number of thioether (sulfide) groups is 1. The van der Waals surface area contributed by atoms with Crippen LogP contribution in [0.15, 0.2) is 24.3 Å². The summed E-state index contributed by atoms with van der Waals surface area (Å²) in [6.45, 7) is 4.65. The third-order valence-electron chi connectivity index (χ3n) is 3.07. The van der Waals surface area contributed by atoms with Crippen molar-refractivity contribution < 1.29 is 23.9 Å². The van der Waals surface area contributed by atoms with Crippen LogP contribution in [-0.2, 0) is 19.1 Å². The van der Waals surface area contributed by atoms with Crippen molar-refractivity contribution >= 4 is 41.2 Å². The molecule has 1 rings (SSSR count). The minimum atomic E-state index is -0.881. The maximum absolute atomic E-state index is 12.4. The summed E-state index contributed by atoms with van der Waals surface area (Å²) in [7, 11) is 0. The molecule has 0 heterocycles. The highest BCUT2D eigenvalue weighted by atomic mass is 35.5. The first-order chi connectivity index (χ1) is 12.1. The van der Waals surface area contributed by atoms with Crippen molar-refractivity contribution in [3.05, 3.63) is 34.9 Å². The molecule has 0 aliphatic heterocycles. The largest absolute Gasteiger partial charge is 0.457 e. The fourth-order valence-electron chi connectivity index (χ4n) is 1.97. The van der Waals surface area contributed by atoms with Crippen LogP contribution >= 0.6 is 23.4 Å². The van der Waals surface area contributed by atoms with Gasteiger partial charge in [-0.05, 0) is 51.3 Å². The van der Waals surface area contributed by atoms with Gasteiger partial charge >= 0.3 is 11.9 Å². The van der Waals surface area contributed by atoms with Gasteiger partial charge in [-0.2, -0.15) is 11.8 Å². The van der Waals surface area contributed by atoms with Gasteiger partial charge in [-0.15, -0.1) is 0 Å². The number of benzene rings is 1. The van der Waals surface area contributed by atoms with Gasteiger partial charge in [0.25, 0.3) is 5.91 Å². The molecule has 1 amide bonds. The van der Waals surface area contributed by atoms with E-state index < -0.39 is 36.1 Å². The molecule has 26 heavy (non-hydrogen) atoms. The van der Waals surface area contributed by atoms with Gasteiger partial charge in [-0.25, -0.2) is 9.59 Å². The highest BCUT2D eigenvalue weighted by Crippen LogP contribution is 2.15. The predicted molar refractivity (Wildman–Crippen MR) is 103 cm³/mol. The van der Waals surface area contributed by atoms with E-state index in [2.05, 4.69) is 5.32 Å². The van der Waals surface area contributed by atoms with E-state index in [-0.39, 0.29) is 10.6 Å². The van der Waals surface area contributed by atoms with E-state index in [0.29, 0.717) is 12.2 Å². The van der Waals surface area contributed by atoms with Crippen LogP contribution in [0.25, 0.3) is 0 Å². The summed E-state index contributed by atoms with van der Waals surface area (Å²) >= 11 is 7.54. The quantitative estimate of drug-likeness (QED) is 0.674. The second kappa shape index (κ2) is 10.4. The Morgan fingerprint density at radius 2 is 1.88 bits per heavy atom. The van der Waals surface area contributed by atoms with Crippen LogP contribution in [-0.4, -0.2) is 48.1 Å². The summed E-state index contributed by atoms with van der Waals surface area (Å²) in [5, 5.41) is 2.91. The predicted octanol–water partition coefficient (Wildman–Crippen LogP) is 3.08. The molecule has 0 fully saturated rings. The van der Waals surface area contributed by atoms with E-state index in [9.17, 15) is 14.4 Å². The molecule has 0 saturated heterocycles. The summed E-state index contributed by atoms with van der Waals surface area (Å²) in [6, 6.07) is 5.66. The fraction of sp³-hybridized carbons (Fsp3) is 0.500. The van der Waals surface area contributed by atoms with Crippen LogP contribution in [0.3, 0.4) is 0 Å². The number of rotatable bonds is 8. The average molecular weight is 402 g/mol. The molecular weight excluding hydrogens is 378 g/mol. The number of ether oxygens (including phenoxy) is 2. The third-order valence-corrected chi connectivity index (χ3v) is 4.04. The van der Waals surface area contributed by atoms with E-state index in [1.807, 2.05) is 6.26 Å². The lowest BCUT2D eigenvalue weighted by Gasteiger charge is -2.20. The Bertz CT molecular complexity index is 645. The zero-order valence-electron chi connectivity index (χ0n) is 15.3. The van der Waals surface area contributed by atoms with Gasteiger partial charge in [0.15, 0.2) is 6.61 Å². The summed E-state index contributed by atoms with van der Waals surface area (Å²) < 4.78 is 10.1. The van der Waals surface area contributed by atoms with Crippen LogP contribution < -0.4 is 5.32 Å². The molecule has 1 aromatic carbocycles. The van der Waals surface area contributed by atoms with Gasteiger partial charge in [0.1, 0.15) is 11.6 Å². The Morgan fingerprint density at radius 3 is 2.46 bits per heavy atom. The normalized spacial score (nSPS) is 12.2. The molecule has 144 valence electrons. The van der Waals surface area contributed by atoms with Gasteiger partial charge in [-0.1, -0.05) is 23.7 Å². The minimum absolute atomic E-state index is 0.267. The molecule has 0 spiro atoms. The zero-order chi connectivity index (χ0) is 19.7. The van der Waals surface area contributed by atoms with Crippen molar-refractivity contribution in [2.75, 3.05) is 18.6 Å². The van der Waals surface area contributed by atoms with E-state index in [4.69, 9.17) is 21.1 Å². The molecular formula is C18H24ClNO5S. The number of hydrogen-bond donors (Lipinski definition) is 1. The Kier molecular flexibility index (Phi) is 8.95. The molecule has 1 N–H and O–H groups in total. The van der Waals surface area contributed by atoms with E-state index in [1.165, 1.54) is 11.8 Å². The topological polar surface area (TPSA) is 81.7 Å². The number of carbonyl (C=O) groups is 3. The molecule has 1 atom stereocenters. The summed E-state index contributed by atoms with van der Waals surface area (Å²) in [5.74, 6) is -1.18. The van der Waals surface area contributed by atoms with Gasteiger partial charge in [0.2, 0.25) is 0 Å². The lowest BCUT2D eigenvalue weighted by molar-refractivity contribution is -0.167. The Morgan fingerprint density at radius 1 is 1.23 bits per heavy atom. The smallest absolute Gasteiger partial charge is 0.344 e. The maximum atomic E-state index is 12.4. The van der Waals surface area contributed by atoms with Crippen LogP contribution in [0, 0.1) is 0 Å². The number of amides is 1. The molecule has 1 unspecified atom stereocenters. The summed E-state index contributed by atoms with van der Waals surface area (Å²) in [4.78, 5) is 36.3. The number of halogens is 1. The van der Waals surface area contributed by atoms with Crippen LogP contribution in [0.2, 0.25) is 5.02 Å². The van der Waals surface area contributed by atoms with Crippen molar-refractivity contribution in [3.8, 4) is 0 Å². The molecule has 0 aliphatic rings. The molecule has 0 radical (unpaired) electrons. The van der Waals surface area contributed by atoms with Crippen molar-refractivity contribution in [1.82, 2.24) is 5.32 Å². The first kappa shape index (κ1) is 22.3. The number of nitrogens with one attached hydrogen (secondary N) is 1. The molecule has 1 aromatic rings. The highest BCUT2D eigenvalue weighted by molar-refractivity contribution is 7.98. The van der Waals surface area contributed by atoms with E-state index in [1.54, 1.807) is 45.0 Å². The van der Waals surface area contributed by atoms with E-state index in [0.717, 1.165) is 0 Å². The number of carbonyl (C=O) groups excluding carboxylic acids is 3. The maximum Gasteiger partial charge on any atom is 0.344 e. The molecule has 0 saturated carbocycles. The zero-order valence-corrected chi connectivity index (χ0v) is 16.9. The lowest BCUT2D eigenvalue weighted by Crippen LogP contribution is -2.43. The Hall–Kier alpha value is -1.73. The van der Waals surface area contributed by atoms with Crippen molar-refractivity contribution in [2.24, 2.45) is 0 Å². The number of hydrogen-bond acceptors (Lipinski definition) is 6. The van der Waals surface area contributed by atoms with Crippen LogP contribution in [0.1, 0.15) is 37.6 Å². The fourth-order valence-corrected chi connectivity index (χ4v) is 2.66. The Labute approximate surface area is 162 Å². The van der Waals surface area contributed by atoms with Crippen LogP contribution in [0.4, 0.5) is 0 Å². The first-order valence-corrected chi connectivity index (χ1v) is 9.84. The summed E-state index contributed by atoms with van der Waals surface area (Å²) in [6.07, 6.45) is 2.25. The molecule has 0 aromatic heterocycles. The van der Waals surface area contributed by atoms with Crippen LogP contribution in [0.5, 0.6) is 0 Å². The molecule has 6 nitrogen and oxygen atoms in total.